The van der Waals surface area contributed by atoms with Crippen LogP contribution in [0.1, 0.15) is 27.7 Å². The summed E-state index contributed by atoms with van der Waals surface area (Å²) in [5.41, 5.74) is -1.90. The molecule has 1 saturated heterocycles. The van der Waals surface area contributed by atoms with Gasteiger partial charge in [-0.2, -0.15) is 0 Å². The molecule has 0 N–H and O–H groups in total. The fraction of sp³-hybridized carbons (Fsp3) is 0.667. The van der Waals surface area contributed by atoms with Gasteiger partial charge in [-0.05, 0) is 33.3 Å². The minimum absolute atomic E-state index is 0.0389. The second-order valence-electron chi connectivity index (χ2n) is 4.68. The molecule has 1 rings (SSSR count). The molecular formula is C15H22O7. The lowest BCUT2D eigenvalue weighted by atomic mass is 9.76. The first kappa shape index (κ1) is 18.2. The predicted octanol–water partition coefficient (Wildman–Crippen LogP) is 1.01. The first-order chi connectivity index (χ1) is 10.4. The van der Waals surface area contributed by atoms with Crippen molar-refractivity contribution >= 4 is 17.9 Å². The minimum Gasteiger partial charge on any atom is -0.465 e. The lowest BCUT2D eigenvalue weighted by Crippen LogP contribution is -2.52. The maximum absolute atomic E-state index is 12.5. The largest absolute Gasteiger partial charge is 0.465 e. The number of hydrogen-bond acceptors (Lipinski definition) is 7. The summed E-state index contributed by atoms with van der Waals surface area (Å²) in [4.78, 5) is 37.1. The fourth-order valence-corrected chi connectivity index (χ4v) is 2.38. The molecule has 0 spiro atoms. The van der Waals surface area contributed by atoms with Gasteiger partial charge in [0.15, 0.2) is 6.10 Å². The Kier molecular flexibility index (Phi) is 6.11. The normalized spacial score (nSPS) is 23.0. The van der Waals surface area contributed by atoms with Gasteiger partial charge in [0.2, 0.25) is 5.41 Å². The lowest BCUT2D eigenvalue weighted by molar-refractivity contribution is -0.183. The summed E-state index contributed by atoms with van der Waals surface area (Å²) in [5.74, 6) is -2.66. The van der Waals surface area contributed by atoms with Gasteiger partial charge < -0.3 is 18.9 Å². The Morgan fingerprint density at radius 1 is 1.05 bits per heavy atom. The molecule has 0 bridgehead atoms. The van der Waals surface area contributed by atoms with Gasteiger partial charge >= 0.3 is 17.9 Å². The average Bonchev–Trinajstić information content (AvgIpc) is 2.73. The molecule has 0 aliphatic carbocycles. The minimum atomic E-state index is -2.03. The highest BCUT2D eigenvalue weighted by Gasteiger charge is 2.66. The van der Waals surface area contributed by atoms with Crippen LogP contribution in [0.25, 0.3) is 0 Å². The van der Waals surface area contributed by atoms with Crippen LogP contribution in [0.5, 0.6) is 0 Å². The molecule has 1 fully saturated rings. The molecular weight excluding hydrogens is 292 g/mol. The van der Waals surface area contributed by atoms with Crippen LogP contribution in [0, 0.1) is 5.41 Å². The van der Waals surface area contributed by atoms with Crippen LogP contribution in [-0.2, 0) is 33.3 Å². The Bertz CT molecular complexity index is 451. The van der Waals surface area contributed by atoms with Crippen LogP contribution < -0.4 is 0 Å². The Labute approximate surface area is 129 Å². The molecule has 0 aromatic rings. The quantitative estimate of drug-likeness (QED) is 0.313. The van der Waals surface area contributed by atoms with E-state index >= 15 is 0 Å². The molecule has 0 aromatic carbocycles. The van der Waals surface area contributed by atoms with Crippen molar-refractivity contribution < 1.29 is 33.3 Å². The standard InChI is InChI=1S/C15H22O7/c1-6-19-12(16)11-15(13(17)20-7-2,14(18)21-8-3)9(4)10(5)22-11/h10-11H,4,6-8H2,1-3,5H3/t10-,11-/m1/s1. The van der Waals surface area contributed by atoms with Gasteiger partial charge in [-0.25, -0.2) is 4.79 Å². The Morgan fingerprint density at radius 2 is 1.50 bits per heavy atom. The van der Waals surface area contributed by atoms with Gasteiger partial charge in [-0.1, -0.05) is 6.58 Å². The van der Waals surface area contributed by atoms with E-state index in [4.69, 9.17) is 18.9 Å². The molecule has 0 radical (unpaired) electrons. The van der Waals surface area contributed by atoms with Crippen molar-refractivity contribution in [3.63, 3.8) is 0 Å². The number of rotatable bonds is 6. The van der Waals surface area contributed by atoms with Gasteiger partial charge in [-0.15, -0.1) is 0 Å². The van der Waals surface area contributed by atoms with Crippen LogP contribution in [-0.4, -0.2) is 49.9 Å². The van der Waals surface area contributed by atoms with E-state index in [1.807, 2.05) is 0 Å². The van der Waals surface area contributed by atoms with Crippen molar-refractivity contribution in [3.8, 4) is 0 Å². The average molecular weight is 314 g/mol. The van der Waals surface area contributed by atoms with E-state index in [2.05, 4.69) is 6.58 Å². The maximum Gasteiger partial charge on any atom is 0.337 e. The zero-order valence-corrected chi connectivity index (χ0v) is 13.3. The Hall–Kier alpha value is -1.89. The molecule has 0 saturated carbocycles. The van der Waals surface area contributed by atoms with Crippen molar-refractivity contribution in [3.05, 3.63) is 12.2 Å². The van der Waals surface area contributed by atoms with Gasteiger partial charge in [0.1, 0.15) is 0 Å². The molecule has 0 amide bonds. The predicted molar refractivity (Wildman–Crippen MR) is 75.8 cm³/mol. The molecule has 2 atom stereocenters. The van der Waals surface area contributed by atoms with Crippen molar-refractivity contribution in [2.45, 2.75) is 39.9 Å². The summed E-state index contributed by atoms with van der Waals surface area (Å²) in [6, 6.07) is 0. The molecule has 1 aliphatic heterocycles. The third kappa shape index (κ3) is 2.85. The zero-order chi connectivity index (χ0) is 16.9. The van der Waals surface area contributed by atoms with Crippen LogP contribution >= 0.6 is 0 Å². The van der Waals surface area contributed by atoms with Gasteiger partial charge in [0.25, 0.3) is 0 Å². The molecule has 1 heterocycles. The van der Waals surface area contributed by atoms with Gasteiger partial charge in [-0.3, -0.25) is 9.59 Å². The highest BCUT2D eigenvalue weighted by molar-refractivity contribution is 6.09. The summed E-state index contributed by atoms with van der Waals surface area (Å²) in [5, 5.41) is 0. The zero-order valence-electron chi connectivity index (χ0n) is 13.3. The van der Waals surface area contributed by atoms with E-state index in [0.29, 0.717) is 0 Å². The Balaban J connectivity index is 3.39. The van der Waals surface area contributed by atoms with Crippen molar-refractivity contribution in [2.24, 2.45) is 5.41 Å². The summed E-state index contributed by atoms with van der Waals surface area (Å²) in [7, 11) is 0. The van der Waals surface area contributed by atoms with E-state index in [0.717, 1.165) is 0 Å². The monoisotopic (exact) mass is 314 g/mol. The summed E-state index contributed by atoms with van der Waals surface area (Å²) in [6.45, 7) is 10.3. The molecule has 124 valence electrons. The number of carbonyl (C=O) groups is 3. The molecule has 7 nitrogen and oxygen atoms in total. The first-order valence-corrected chi connectivity index (χ1v) is 7.23. The third-order valence-electron chi connectivity index (χ3n) is 3.43. The highest BCUT2D eigenvalue weighted by atomic mass is 16.6. The summed E-state index contributed by atoms with van der Waals surface area (Å²) < 4.78 is 20.3. The van der Waals surface area contributed by atoms with E-state index in [1.54, 1.807) is 27.7 Å². The smallest absolute Gasteiger partial charge is 0.337 e. The second-order valence-corrected chi connectivity index (χ2v) is 4.68. The van der Waals surface area contributed by atoms with E-state index in [-0.39, 0.29) is 25.4 Å². The molecule has 0 aromatic heterocycles. The van der Waals surface area contributed by atoms with E-state index in [9.17, 15) is 14.4 Å². The van der Waals surface area contributed by atoms with Crippen LogP contribution in [0.3, 0.4) is 0 Å². The molecule has 1 aliphatic rings. The van der Waals surface area contributed by atoms with Crippen molar-refractivity contribution in [1.82, 2.24) is 0 Å². The third-order valence-corrected chi connectivity index (χ3v) is 3.43. The van der Waals surface area contributed by atoms with Crippen molar-refractivity contribution in [1.29, 1.82) is 0 Å². The van der Waals surface area contributed by atoms with Crippen LogP contribution in [0.4, 0.5) is 0 Å². The number of carbonyl (C=O) groups excluding carboxylic acids is 3. The van der Waals surface area contributed by atoms with Crippen molar-refractivity contribution in [2.75, 3.05) is 19.8 Å². The van der Waals surface area contributed by atoms with E-state index in [1.165, 1.54) is 0 Å². The maximum atomic E-state index is 12.5. The molecule has 0 unspecified atom stereocenters. The lowest BCUT2D eigenvalue weighted by Gasteiger charge is -2.28. The first-order valence-electron chi connectivity index (χ1n) is 7.23. The topological polar surface area (TPSA) is 88.1 Å². The summed E-state index contributed by atoms with van der Waals surface area (Å²) in [6.07, 6.45) is -2.16. The second kappa shape index (κ2) is 7.40. The van der Waals surface area contributed by atoms with E-state index < -0.39 is 35.5 Å². The van der Waals surface area contributed by atoms with Gasteiger partial charge in [0.05, 0.1) is 25.9 Å². The SMILES string of the molecule is C=C1[C@@H](C)O[C@H](C(=O)OCC)C1(C(=O)OCC)C(=O)OCC. The molecule has 7 heteroatoms. The highest BCUT2D eigenvalue weighted by Crippen LogP contribution is 2.45. The molecule has 22 heavy (non-hydrogen) atoms. The van der Waals surface area contributed by atoms with Gasteiger partial charge in [0, 0.05) is 0 Å². The number of hydrogen-bond donors (Lipinski definition) is 0. The number of ether oxygens (including phenoxy) is 4. The van der Waals surface area contributed by atoms with Crippen LogP contribution in [0.15, 0.2) is 12.2 Å². The number of esters is 3. The summed E-state index contributed by atoms with van der Waals surface area (Å²) >= 11 is 0. The Morgan fingerprint density at radius 3 is 1.91 bits per heavy atom. The fourth-order valence-electron chi connectivity index (χ4n) is 2.38. The van der Waals surface area contributed by atoms with Crippen LogP contribution in [0.2, 0.25) is 0 Å².